The zero-order valence-electron chi connectivity index (χ0n) is 10.1. The summed E-state index contributed by atoms with van der Waals surface area (Å²) in [5, 5.41) is 0.506. The van der Waals surface area contributed by atoms with E-state index in [0.29, 0.717) is 16.6 Å². The molecule has 2 rings (SSSR count). The molecule has 0 amide bonds. The molecule has 0 saturated carbocycles. The predicted octanol–water partition coefficient (Wildman–Crippen LogP) is 0.201. The van der Waals surface area contributed by atoms with Crippen LogP contribution in [0.25, 0.3) is 10.9 Å². The van der Waals surface area contributed by atoms with E-state index in [0.717, 1.165) is 0 Å². The molecule has 0 fully saturated rings. The first kappa shape index (κ1) is 13.4. The van der Waals surface area contributed by atoms with Crippen LogP contribution in [0.1, 0.15) is 0 Å². The highest BCUT2D eigenvalue weighted by atomic mass is 32.2. The molecule has 4 N–H and O–H groups in total. The number of rotatable bonds is 4. The molecule has 0 unspecified atom stereocenters. The number of aromatic nitrogens is 1. The molecule has 0 aliphatic rings. The third kappa shape index (κ3) is 2.69. The number of ether oxygens (including phenoxy) is 1. The van der Waals surface area contributed by atoms with E-state index in [9.17, 15) is 13.2 Å². The number of hydrogen-bond donors (Lipinski definition) is 3. The van der Waals surface area contributed by atoms with Gasteiger partial charge in [0.15, 0.2) is 0 Å². The number of aromatic amines is 1. The van der Waals surface area contributed by atoms with Crippen LogP contribution in [0.3, 0.4) is 0 Å². The van der Waals surface area contributed by atoms with E-state index in [4.69, 9.17) is 5.73 Å². The highest BCUT2D eigenvalue weighted by molar-refractivity contribution is 7.89. The summed E-state index contributed by atoms with van der Waals surface area (Å²) in [5.41, 5.74) is 6.75. The van der Waals surface area contributed by atoms with Crippen molar-refractivity contribution in [1.29, 1.82) is 0 Å². The Morgan fingerprint density at radius 1 is 1.47 bits per heavy atom. The second-order valence-electron chi connectivity index (χ2n) is 3.86. The van der Waals surface area contributed by atoms with E-state index >= 15 is 0 Å². The van der Waals surface area contributed by atoms with Crippen LogP contribution in [0.5, 0.6) is 0 Å². The average Bonchev–Trinajstić information content (AvgIpc) is 2.79. The molecule has 1 heterocycles. The Hall–Kier alpha value is -2.06. The molecule has 1 aromatic carbocycles. The molecule has 0 aliphatic carbocycles. The number of anilines is 1. The molecule has 102 valence electrons. The highest BCUT2D eigenvalue weighted by Gasteiger charge is 2.19. The summed E-state index contributed by atoms with van der Waals surface area (Å²) in [6.07, 6.45) is 1.35. The molecule has 0 radical (unpaired) electrons. The van der Waals surface area contributed by atoms with E-state index in [1.54, 1.807) is 18.2 Å². The number of H-pyrrole nitrogens is 1. The maximum absolute atomic E-state index is 12.0. The number of benzene rings is 1. The molecule has 0 aliphatic heterocycles. The molecule has 0 spiro atoms. The van der Waals surface area contributed by atoms with E-state index in [1.807, 2.05) is 0 Å². The fraction of sp³-hybridized carbons (Fsp3) is 0.182. The lowest BCUT2D eigenvalue weighted by Gasteiger charge is -2.04. The molecule has 0 bridgehead atoms. The van der Waals surface area contributed by atoms with Crippen molar-refractivity contribution >= 4 is 32.6 Å². The Morgan fingerprint density at radius 3 is 2.89 bits per heavy atom. The minimum atomic E-state index is -3.78. The summed E-state index contributed by atoms with van der Waals surface area (Å²) in [5.74, 6) is -0.660. The molecule has 0 atom stereocenters. The van der Waals surface area contributed by atoms with Crippen molar-refractivity contribution in [3.63, 3.8) is 0 Å². The highest BCUT2D eigenvalue weighted by Crippen LogP contribution is 2.24. The van der Waals surface area contributed by atoms with Crippen LogP contribution in [-0.2, 0) is 19.6 Å². The van der Waals surface area contributed by atoms with Gasteiger partial charge in [0, 0.05) is 22.8 Å². The Kier molecular flexibility index (Phi) is 3.45. The zero-order valence-corrected chi connectivity index (χ0v) is 11.0. The summed E-state index contributed by atoms with van der Waals surface area (Å²) in [7, 11) is -2.60. The van der Waals surface area contributed by atoms with Gasteiger partial charge >= 0.3 is 5.97 Å². The first-order chi connectivity index (χ1) is 8.94. The van der Waals surface area contributed by atoms with Crippen LogP contribution < -0.4 is 10.5 Å². The van der Waals surface area contributed by atoms with E-state index in [-0.39, 0.29) is 4.90 Å². The third-order valence-electron chi connectivity index (χ3n) is 2.59. The van der Waals surface area contributed by atoms with E-state index in [1.165, 1.54) is 13.3 Å². The van der Waals surface area contributed by atoms with Gasteiger partial charge in [0.05, 0.1) is 7.11 Å². The first-order valence-corrected chi connectivity index (χ1v) is 6.85. The number of esters is 1. The Bertz CT molecular complexity index is 721. The van der Waals surface area contributed by atoms with Gasteiger partial charge in [-0.25, -0.2) is 8.42 Å². The van der Waals surface area contributed by atoms with Gasteiger partial charge in [-0.3, -0.25) is 4.79 Å². The number of nitrogens with two attached hydrogens (primary N) is 1. The van der Waals surface area contributed by atoms with Crippen LogP contribution >= 0.6 is 0 Å². The van der Waals surface area contributed by atoms with Gasteiger partial charge in [-0.15, -0.1) is 0 Å². The summed E-state index contributed by atoms with van der Waals surface area (Å²) in [6, 6.07) is 4.85. The third-order valence-corrected chi connectivity index (χ3v) is 4.03. The van der Waals surface area contributed by atoms with Crippen molar-refractivity contribution in [3.05, 3.63) is 24.4 Å². The minimum Gasteiger partial charge on any atom is -0.468 e. The van der Waals surface area contributed by atoms with Gasteiger partial charge in [0.2, 0.25) is 10.0 Å². The molecular weight excluding hydrogens is 270 g/mol. The number of sulfonamides is 1. The van der Waals surface area contributed by atoms with Gasteiger partial charge in [-0.2, -0.15) is 4.72 Å². The van der Waals surface area contributed by atoms with Crippen LogP contribution in [0.15, 0.2) is 29.3 Å². The van der Waals surface area contributed by atoms with Crippen LogP contribution in [-0.4, -0.2) is 33.0 Å². The Labute approximate surface area is 109 Å². The average molecular weight is 283 g/mol. The van der Waals surface area contributed by atoms with Crippen LogP contribution in [0.2, 0.25) is 0 Å². The smallest absolute Gasteiger partial charge is 0.320 e. The topological polar surface area (TPSA) is 114 Å². The number of carbonyl (C=O) groups is 1. The SMILES string of the molecule is COC(=O)CNS(=O)(=O)c1c[nH]c2cc(N)ccc12. The normalized spacial score (nSPS) is 11.6. The molecule has 0 saturated heterocycles. The van der Waals surface area contributed by atoms with Crippen LogP contribution in [0, 0.1) is 0 Å². The molecule has 1 aromatic heterocycles. The molecule has 7 nitrogen and oxygen atoms in total. The summed E-state index contributed by atoms with van der Waals surface area (Å²) in [4.78, 5) is 13.8. The van der Waals surface area contributed by atoms with Crippen molar-refractivity contribution < 1.29 is 17.9 Å². The molecule has 2 aromatic rings. The monoisotopic (exact) mass is 283 g/mol. The predicted molar refractivity (Wildman–Crippen MR) is 69.9 cm³/mol. The quantitative estimate of drug-likeness (QED) is 0.548. The van der Waals surface area contributed by atoms with E-state index < -0.39 is 22.5 Å². The first-order valence-electron chi connectivity index (χ1n) is 5.37. The minimum absolute atomic E-state index is 0.0615. The molecule has 8 heteroatoms. The number of hydrogen-bond acceptors (Lipinski definition) is 5. The second-order valence-corrected chi connectivity index (χ2v) is 5.59. The Morgan fingerprint density at radius 2 is 2.21 bits per heavy atom. The molecular formula is C11H13N3O4S. The fourth-order valence-electron chi connectivity index (χ4n) is 1.64. The number of nitrogen functional groups attached to an aromatic ring is 1. The lowest BCUT2D eigenvalue weighted by molar-refractivity contribution is -0.139. The van der Waals surface area contributed by atoms with Crippen molar-refractivity contribution in [2.75, 3.05) is 19.4 Å². The van der Waals surface area contributed by atoms with Crippen molar-refractivity contribution in [2.24, 2.45) is 0 Å². The number of fused-ring (bicyclic) bond motifs is 1. The standard InChI is InChI=1S/C11H13N3O4S/c1-18-11(15)6-14-19(16,17)10-5-13-9-4-7(12)2-3-8(9)10/h2-5,13-14H,6,12H2,1H3. The maximum atomic E-state index is 12.0. The summed E-state index contributed by atoms with van der Waals surface area (Å²) < 4.78 is 30.6. The van der Waals surface area contributed by atoms with E-state index in [2.05, 4.69) is 14.4 Å². The number of nitrogens with one attached hydrogen (secondary N) is 2. The maximum Gasteiger partial charge on any atom is 0.320 e. The summed E-state index contributed by atoms with van der Waals surface area (Å²) >= 11 is 0. The number of methoxy groups -OCH3 is 1. The molecule has 19 heavy (non-hydrogen) atoms. The van der Waals surface area contributed by atoms with Gasteiger partial charge in [-0.05, 0) is 18.2 Å². The summed E-state index contributed by atoms with van der Waals surface area (Å²) in [6.45, 7) is -0.416. The van der Waals surface area contributed by atoms with Gasteiger partial charge in [0.1, 0.15) is 11.4 Å². The van der Waals surface area contributed by atoms with Crippen molar-refractivity contribution in [2.45, 2.75) is 4.90 Å². The Balaban J connectivity index is 2.35. The number of carbonyl (C=O) groups excluding carboxylic acids is 1. The zero-order chi connectivity index (χ0) is 14.0. The lowest BCUT2D eigenvalue weighted by Crippen LogP contribution is -2.30. The van der Waals surface area contributed by atoms with Crippen molar-refractivity contribution in [3.8, 4) is 0 Å². The van der Waals surface area contributed by atoms with Crippen LogP contribution in [0.4, 0.5) is 5.69 Å². The van der Waals surface area contributed by atoms with Gasteiger partial charge < -0.3 is 15.5 Å². The lowest BCUT2D eigenvalue weighted by atomic mass is 10.2. The second kappa shape index (κ2) is 4.90. The largest absolute Gasteiger partial charge is 0.468 e. The van der Waals surface area contributed by atoms with Crippen molar-refractivity contribution in [1.82, 2.24) is 9.71 Å². The fourth-order valence-corrected chi connectivity index (χ4v) is 2.79. The van der Waals surface area contributed by atoms with Gasteiger partial charge in [-0.1, -0.05) is 0 Å². The van der Waals surface area contributed by atoms with Gasteiger partial charge in [0.25, 0.3) is 0 Å².